The number of carbonyl (C=O) groups excluding carboxylic acids is 1. The van der Waals surface area contributed by atoms with Crippen LogP contribution >= 0.6 is 11.6 Å². The molecule has 0 aliphatic heterocycles. The van der Waals surface area contributed by atoms with Gasteiger partial charge in [0.05, 0.1) is 0 Å². The molecule has 0 fully saturated rings. The Balaban J connectivity index is 3.57. The molecule has 0 bridgehead atoms. The molecule has 0 spiro atoms. The van der Waals surface area contributed by atoms with Crippen molar-refractivity contribution in [1.82, 2.24) is 0 Å². The summed E-state index contributed by atoms with van der Waals surface area (Å²) in [7, 11) is 0. The van der Waals surface area contributed by atoms with E-state index < -0.39 is 0 Å². The predicted octanol–water partition coefficient (Wildman–Crippen LogP) is 4.53. The minimum Gasteiger partial charge on any atom is -0.281 e. The Kier molecular flexibility index (Phi) is 9.49. The van der Waals surface area contributed by atoms with E-state index >= 15 is 0 Å². The van der Waals surface area contributed by atoms with Gasteiger partial charge < -0.3 is 0 Å². The SMILES string of the molecule is CCCCCC[C@H](CCCC)C(=O)Cl. The number of hydrogen-bond acceptors (Lipinski definition) is 1. The van der Waals surface area contributed by atoms with Crippen molar-refractivity contribution in [2.24, 2.45) is 5.92 Å². The Morgan fingerprint density at radius 1 is 1.00 bits per heavy atom. The van der Waals surface area contributed by atoms with E-state index in [1.807, 2.05) is 0 Å². The average Bonchev–Trinajstić information content (AvgIpc) is 2.16. The molecule has 0 aromatic rings. The number of carbonyl (C=O) groups is 1. The van der Waals surface area contributed by atoms with Crippen LogP contribution in [-0.4, -0.2) is 5.24 Å². The second kappa shape index (κ2) is 9.51. The summed E-state index contributed by atoms with van der Waals surface area (Å²) in [4.78, 5) is 11.1. The quantitative estimate of drug-likeness (QED) is 0.411. The zero-order chi connectivity index (χ0) is 10.8. The standard InChI is InChI=1S/C12H23ClO/c1-3-5-7-8-10-11(12(13)14)9-6-4-2/h11H,3-10H2,1-2H3/t11-/m0/s1. The van der Waals surface area contributed by atoms with Crippen LogP contribution in [0.4, 0.5) is 0 Å². The van der Waals surface area contributed by atoms with Gasteiger partial charge >= 0.3 is 0 Å². The summed E-state index contributed by atoms with van der Waals surface area (Å²) in [6.45, 7) is 4.34. The normalized spacial score (nSPS) is 12.8. The lowest BCUT2D eigenvalue weighted by molar-refractivity contribution is -0.115. The van der Waals surface area contributed by atoms with E-state index in [1.165, 1.54) is 19.3 Å². The van der Waals surface area contributed by atoms with Gasteiger partial charge in [0.2, 0.25) is 5.24 Å². The van der Waals surface area contributed by atoms with Gasteiger partial charge in [0, 0.05) is 5.92 Å². The first-order valence-electron chi connectivity index (χ1n) is 5.91. The highest BCUT2D eigenvalue weighted by Gasteiger charge is 2.14. The zero-order valence-corrected chi connectivity index (χ0v) is 10.3. The Morgan fingerprint density at radius 3 is 2.07 bits per heavy atom. The van der Waals surface area contributed by atoms with Crippen molar-refractivity contribution in [3.8, 4) is 0 Å². The molecular weight excluding hydrogens is 196 g/mol. The fourth-order valence-corrected chi connectivity index (χ4v) is 1.86. The van der Waals surface area contributed by atoms with Crippen molar-refractivity contribution in [3.05, 3.63) is 0 Å². The molecule has 0 aromatic heterocycles. The molecule has 2 heteroatoms. The van der Waals surface area contributed by atoms with Crippen LogP contribution in [0.25, 0.3) is 0 Å². The van der Waals surface area contributed by atoms with Gasteiger partial charge in [0.25, 0.3) is 0 Å². The molecule has 1 atom stereocenters. The maximum absolute atomic E-state index is 11.1. The average molecular weight is 219 g/mol. The Hall–Kier alpha value is -0.0400. The van der Waals surface area contributed by atoms with E-state index in [0.29, 0.717) is 0 Å². The van der Waals surface area contributed by atoms with Crippen LogP contribution in [0.5, 0.6) is 0 Å². The molecular formula is C12H23ClO. The molecule has 0 saturated carbocycles. The minimum absolute atomic E-state index is 0.119. The fraction of sp³-hybridized carbons (Fsp3) is 0.917. The highest BCUT2D eigenvalue weighted by Crippen LogP contribution is 2.19. The van der Waals surface area contributed by atoms with Crippen LogP contribution in [0.3, 0.4) is 0 Å². The third kappa shape index (κ3) is 7.37. The van der Waals surface area contributed by atoms with E-state index in [1.54, 1.807) is 0 Å². The molecule has 0 amide bonds. The number of halogens is 1. The summed E-state index contributed by atoms with van der Waals surface area (Å²) >= 11 is 5.55. The van der Waals surface area contributed by atoms with Crippen molar-refractivity contribution in [2.75, 3.05) is 0 Å². The largest absolute Gasteiger partial charge is 0.281 e. The molecule has 0 N–H and O–H groups in total. The van der Waals surface area contributed by atoms with Gasteiger partial charge in [-0.1, -0.05) is 52.4 Å². The molecule has 0 aromatic carbocycles. The number of unbranched alkanes of at least 4 members (excludes halogenated alkanes) is 4. The van der Waals surface area contributed by atoms with Gasteiger partial charge in [0.1, 0.15) is 0 Å². The van der Waals surface area contributed by atoms with Crippen LogP contribution in [0.2, 0.25) is 0 Å². The Bertz CT molecular complexity index is 145. The summed E-state index contributed by atoms with van der Waals surface area (Å²) in [5, 5.41) is -0.130. The maximum Gasteiger partial charge on any atom is 0.224 e. The lowest BCUT2D eigenvalue weighted by Gasteiger charge is -2.11. The summed E-state index contributed by atoms with van der Waals surface area (Å²) in [5.41, 5.74) is 0. The smallest absolute Gasteiger partial charge is 0.224 e. The van der Waals surface area contributed by atoms with Crippen molar-refractivity contribution < 1.29 is 4.79 Å². The lowest BCUT2D eigenvalue weighted by Crippen LogP contribution is -2.08. The third-order valence-electron chi connectivity index (χ3n) is 2.63. The fourth-order valence-electron chi connectivity index (χ4n) is 1.64. The van der Waals surface area contributed by atoms with Gasteiger partial charge in [-0.3, -0.25) is 4.79 Å². The number of rotatable bonds is 9. The molecule has 1 nitrogen and oxygen atoms in total. The Morgan fingerprint density at radius 2 is 1.57 bits per heavy atom. The first-order valence-corrected chi connectivity index (χ1v) is 6.29. The predicted molar refractivity (Wildman–Crippen MR) is 62.6 cm³/mol. The highest BCUT2D eigenvalue weighted by molar-refractivity contribution is 6.63. The maximum atomic E-state index is 11.1. The van der Waals surface area contributed by atoms with Crippen LogP contribution in [0.1, 0.15) is 65.2 Å². The van der Waals surface area contributed by atoms with E-state index in [2.05, 4.69) is 13.8 Å². The molecule has 0 rings (SSSR count). The minimum atomic E-state index is -0.130. The van der Waals surface area contributed by atoms with Crippen molar-refractivity contribution in [2.45, 2.75) is 65.2 Å². The van der Waals surface area contributed by atoms with Crippen molar-refractivity contribution >= 4 is 16.8 Å². The number of hydrogen-bond donors (Lipinski definition) is 0. The summed E-state index contributed by atoms with van der Waals surface area (Å²) in [5.74, 6) is 0.119. The molecule has 0 saturated heterocycles. The summed E-state index contributed by atoms with van der Waals surface area (Å²) < 4.78 is 0. The molecule has 0 aliphatic rings. The second-order valence-electron chi connectivity index (χ2n) is 3.99. The molecule has 0 heterocycles. The third-order valence-corrected chi connectivity index (χ3v) is 2.94. The van der Waals surface area contributed by atoms with E-state index in [-0.39, 0.29) is 11.2 Å². The molecule has 0 radical (unpaired) electrons. The van der Waals surface area contributed by atoms with Gasteiger partial charge in [-0.2, -0.15) is 0 Å². The molecule has 0 aliphatic carbocycles. The van der Waals surface area contributed by atoms with Gasteiger partial charge in [-0.25, -0.2) is 0 Å². The zero-order valence-electron chi connectivity index (χ0n) is 9.52. The van der Waals surface area contributed by atoms with Gasteiger partial charge in [-0.15, -0.1) is 0 Å². The Labute approximate surface area is 93.2 Å². The van der Waals surface area contributed by atoms with Crippen LogP contribution in [-0.2, 0) is 4.79 Å². The first-order chi connectivity index (χ1) is 6.72. The highest BCUT2D eigenvalue weighted by atomic mass is 35.5. The topological polar surface area (TPSA) is 17.1 Å². The van der Waals surface area contributed by atoms with E-state index in [0.717, 1.165) is 32.1 Å². The summed E-state index contributed by atoms with van der Waals surface area (Å²) in [6.07, 6.45) is 9.15. The molecule has 0 unspecified atom stereocenters. The lowest BCUT2D eigenvalue weighted by atomic mass is 9.96. The first kappa shape index (κ1) is 14.0. The van der Waals surface area contributed by atoms with E-state index in [9.17, 15) is 4.79 Å². The van der Waals surface area contributed by atoms with Crippen molar-refractivity contribution in [1.29, 1.82) is 0 Å². The summed E-state index contributed by atoms with van der Waals surface area (Å²) in [6, 6.07) is 0. The second-order valence-corrected chi connectivity index (χ2v) is 4.37. The van der Waals surface area contributed by atoms with Crippen LogP contribution in [0.15, 0.2) is 0 Å². The monoisotopic (exact) mass is 218 g/mol. The van der Waals surface area contributed by atoms with Gasteiger partial charge in [-0.05, 0) is 24.4 Å². The molecule has 14 heavy (non-hydrogen) atoms. The molecule has 84 valence electrons. The van der Waals surface area contributed by atoms with Crippen LogP contribution in [0, 0.1) is 5.92 Å². The van der Waals surface area contributed by atoms with Crippen molar-refractivity contribution in [3.63, 3.8) is 0 Å². The van der Waals surface area contributed by atoms with Crippen LogP contribution < -0.4 is 0 Å². The van der Waals surface area contributed by atoms with E-state index in [4.69, 9.17) is 11.6 Å². The van der Waals surface area contributed by atoms with Gasteiger partial charge in [0.15, 0.2) is 0 Å².